The lowest BCUT2D eigenvalue weighted by atomic mass is 10.0. The van der Waals surface area contributed by atoms with E-state index in [4.69, 9.17) is 13.8 Å². The Hall–Kier alpha value is -6.17. The zero-order chi connectivity index (χ0) is 31.3. The van der Waals surface area contributed by atoms with Crippen molar-refractivity contribution in [2.75, 3.05) is 4.90 Å². The number of fused-ring (bicyclic) bond motifs is 9. The summed E-state index contributed by atoms with van der Waals surface area (Å²) in [6.07, 6.45) is 0. The summed E-state index contributed by atoms with van der Waals surface area (Å²) >= 11 is 1.77. The molecule has 0 fully saturated rings. The molecular formula is C43H24N2O2S. The van der Waals surface area contributed by atoms with Crippen LogP contribution in [-0.4, -0.2) is 4.98 Å². The van der Waals surface area contributed by atoms with E-state index in [0.717, 1.165) is 77.2 Å². The van der Waals surface area contributed by atoms with Crippen LogP contribution in [0.25, 0.3) is 86.9 Å². The fraction of sp³-hybridized carbons (Fsp3) is 0. The Labute approximate surface area is 278 Å². The molecule has 3 heterocycles. The highest BCUT2D eigenvalue weighted by atomic mass is 32.1. The van der Waals surface area contributed by atoms with Gasteiger partial charge >= 0.3 is 0 Å². The van der Waals surface area contributed by atoms with Crippen LogP contribution in [0.4, 0.5) is 17.1 Å². The third kappa shape index (κ3) is 3.62. The first kappa shape index (κ1) is 26.0. The average Bonchev–Trinajstić information content (AvgIpc) is 3.90. The molecule has 4 nitrogen and oxygen atoms in total. The summed E-state index contributed by atoms with van der Waals surface area (Å²) in [5, 5.41) is 7.88. The highest BCUT2D eigenvalue weighted by Crippen LogP contribution is 2.54. The van der Waals surface area contributed by atoms with Crippen molar-refractivity contribution in [2.24, 2.45) is 0 Å². The van der Waals surface area contributed by atoms with Crippen molar-refractivity contribution in [1.29, 1.82) is 0 Å². The first-order valence-corrected chi connectivity index (χ1v) is 16.9. The summed E-state index contributed by atoms with van der Waals surface area (Å²) in [4.78, 5) is 8.80. The van der Waals surface area contributed by atoms with E-state index in [-0.39, 0.29) is 0 Å². The number of furan rings is 2. The third-order valence-corrected chi connectivity index (χ3v) is 10.8. The molecule has 0 amide bonds. The van der Waals surface area contributed by atoms with Gasteiger partial charge in [0.25, 0.3) is 0 Å². The van der Waals surface area contributed by atoms with Crippen LogP contribution < -0.4 is 4.90 Å². The Morgan fingerprint density at radius 1 is 0.479 bits per heavy atom. The molecular weight excluding hydrogens is 609 g/mol. The van der Waals surface area contributed by atoms with E-state index in [0.29, 0.717) is 0 Å². The smallest absolute Gasteiger partial charge is 0.135 e. The number of benzene rings is 7. The fourth-order valence-corrected chi connectivity index (χ4v) is 8.61. The molecule has 1 aliphatic carbocycles. The van der Waals surface area contributed by atoms with Gasteiger partial charge in [-0.25, -0.2) is 4.98 Å². The molecule has 0 saturated heterocycles. The second kappa shape index (κ2) is 9.67. The second-order valence-corrected chi connectivity index (χ2v) is 13.3. The van der Waals surface area contributed by atoms with Gasteiger partial charge in [0.1, 0.15) is 27.3 Å². The maximum Gasteiger partial charge on any atom is 0.135 e. The first-order chi connectivity index (χ1) is 23.8. The summed E-state index contributed by atoms with van der Waals surface area (Å²) < 4.78 is 12.5. The molecule has 5 heteroatoms. The van der Waals surface area contributed by atoms with Crippen LogP contribution in [0.2, 0.25) is 0 Å². The van der Waals surface area contributed by atoms with Crippen molar-refractivity contribution >= 4 is 83.0 Å². The standard InChI is InChI=1S/C43H24N2O2S/c1-2-9-25(10-3-1)43-44-41-31-19-20-35(30-13-8-14-32(40(30)31)42(41)48-43)45(26-17-21-38-33(23-26)28-11-4-6-15-36(28)46-38)27-18-22-39-34(24-27)29-12-5-7-16-37(29)47-39/h1-24H. The molecule has 0 radical (unpaired) electrons. The molecule has 0 aliphatic heterocycles. The monoisotopic (exact) mass is 632 g/mol. The number of nitrogens with zero attached hydrogens (tertiary/aromatic N) is 2. The van der Waals surface area contributed by atoms with E-state index >= 15 is 0 Å². The van der Waals surface area contributed by atoms with Crippen molar-refractivity contribution in [1.82, 2.24) is 4.98 Å². The van der Waals surface area contributed by atoms with E-state index in [1.807, 2.05) is 30.3 Å². The van der Waals surface area contributed by atoms with Crippen molar-refractivity contribution in [3.05, 3.63) is 146 Å². The number of thiazole rings is 1. The van der Waals surface area contributed by atoms with Gasteiger partial charge in [-0.2, -0.15) is 0 Å². The van der Waals surface area contributed by atoms with E-state index in [1.54, 1.807) is 11.3 Å². The largest absolute Gasteiger partial charge is 0.456 e. The van der Waals surface area contributed by atoms with Crippen LogP contribution in [0.1, 0.15) is 0 Å². The molecule has 0 bridgehead atoms. The predicted octanol–water partition coefficient (Wildman–Crippen LogP) is 12.9. The van der Waals surface area contributed by atoms with Crippen LogP contribution >= 0.6 is 11.3 Å². The minimum atomic E-state index is 0.876. The SMILES string of the molecule is c1ccc(-c2nc3c(s2)-c2cccc4c(N(c5ccc6oc7ccccc7c6c5)c5ccc6oc7ccccc7c6c5)ccc-3c24)cc1. The van der Waals surface area contributed by atoms with Crippen molar-refractivity contribution < 1.29 is 8.83 Å². The quantitative estimate of drug-likeness (QED) is 0.194. The molecule has 0 N–H and O–H groups in total. The lowest BCUT2D eigenvalue weighted by molar-refractivity contribution is 0.668. The maximum atomic E-state index is 6.24. The maximum absolute atomic E-state index is 6.24. The van der Waals surface area contributed by atoms with Crippen molar-refractivity contribution in [3.8, 4) is 32.3 Å². The number of aromatic nitrogens is 1. The summed E-state index contributed by atoms with van der Waals surface area (Å²) in [5.41, 5.74) is 11.4. The molecule has 11 rings (SSSR count). The van der Waals surface area contributed by atoms with Crippen molar-refractivity contribution in [2.45, 2.75) is 0 Å². The van der Waals surface area contributed by atoms with Gasteiger partial charge in [-0.15, -0.1) is 11.3 Å². The zero-order valence-corrected chi connectivity index (χ0v) is 26.3. The molecule has 0 saturated carbocycles. The molecule has 7 aromatic carbocycles. The van der Waals surface area contributed by atoms with E-state index in [2.05, 4.69) is 120 Å². The van der Waals surface area contributed by atoms with Crippen molar-refractivity contribution in [3.63, 3.8) is 0 Å². The number of anilines is 3. The summed E-state index contributed by atoms with van der Waals surface area (Å²) in [6, 6.07) is 51.2. The minimum Gasteiger partial charge on any atom is -0.456 e. The van der Waals surface area contributed by atoms with Gasteiger partial charge in [0.2, 0.25) is 0 Å². The van der Waals surface area contributed by atoms with Gasteiger partial charge in [0, 0.05) is 60.4 Å². The molecule has 48 heavy (non-hydrogen) atoms. The van der Waals surface area contributed by atoms with Crippen LogP contribution in [0.3, 0.4) is 0 Å². The first-order valence-electron chi connectivity index (χ1n) is 16.0. The minimum absolute atomic E-state index is 0.876. The Morgan fingerprint density at radius 2 is 1.08 bits per heavy atom. The second-order valence-electron chi connectivity index (χ2n) is 12.3. The van der Waals surface area contributed by atoms with Gasteiger partial charge in [-0.05, 0) is 54.6 Å². The molecule has 224 valence electrons. The molecule has 0 unspecified atom stereocenters. The zero-order valence-electron chi connectivity index (χ0n) is 25.5. The van der Waals surface area contributed by atoms with E-state index in [9.17, 15) is 0 Å². The molecule has 3 aromatic heterocycles. The molecule has 10 aromatic rings. The average molecular weight is 633 g/mol. The summed E-state index contributed by atoms with van der Waals surface area (Å²) in [5.74, 6) is 0. The van der Waals surface area contributed by atoms with Crippen LogP contribution in [0.5, 0.6) is 0 Å². The highest BCUT2D eigenvalue weighted by molar-refractivity contribution is 7.19. The highest BCUT2D eigenvalue weighted by Gasteiger charge is 2.29. The Bertz CT molecular complexity index is 2770. The molecule has 0 atom stereocenters. The van der Waals surface area contributed by atoms with Gasteiger partial charge < -0.3 is 13.7 Å². The Morgan fingerprint density at radius 3 is 1.77 bits per heavy atom. The number of hydrogen-bond donors (Lipinski definition) is 0. The number of hydrogen-bond acceptors (Lipinski definition) is 5. The molecule has 0 spiro atoms. The number of rotatable bonds is 4. The summed E-state index contributed by atoms with van der Waals surface area (Å²) in [7, 11) is 0. The Kier molecular flexibility index (Phi) is 5.23. The van der Waals surface area contributed by atoms with Gasteiger partial charge in [0.15, 0.2) is 0 Å². The third-order valence-electron chi connectivity index (χ3n) is 9.64. The van der Waals surface area contributed by atoms with Gasteiger partial charge in [0.05, 0.1) is 16.3 Å². The fourth-order valence-electron chi connectivity index (χ4n) is 7.50. The van der Waals surface area contributed by atoms with E-state index in [1.165, 1.54) is 26.8 Å². The van der Waals surface area contributed by atoms with Gasteiger partial charge in [-0.3, -0.25) is 0 Å². The lowest BCUT2D eigenvalue weighted by Gasteiger charge is -2.27. The van der Waals surface area contributed by atoms with E-state index < -0.39 is 0 Å². The van der Waals surface area contributed by atoms with Crippen LogP contribution in [0, 0.1) is 0 Å². The molecule has 1 aliphatic rings. The normalized spacial score (nSPS) is 12.2. The Balaban J connectivity index is 1.16. The summed E-state index contributed by atoms with van der Waals surface area (Å²) in [6.45, 7) is 0. The van der Waals surface area contributed by atoms with Crippen LogP contribution in [-0.2, 0) is 0 Å². The number of para-hydroxylation sites is 2. The predicted molar refractivity (Wildman–Crippen MR) is 199 cm³/mol. The van der Waals surface area contributed by atoms with Gasteiger partial charge in [-0.1, -0.05) is 91.0 Å². The van der Waals surface area contributed by atoms with Crippen LogP contribution in [0.15, 0.2) is 154 Å². The topological polar surface area (TPSA) is 42.4 Å². The lowest BCUT2D eigenvalue weighted by Crippen LogP contribution is -2.10.